The molecule has 0 aliphatic rings. The van der Waals surface area contributed by atoms with E-state index in [-0.39, 0.29) is 6.10 Å². The van der Waals surface area contributed by atoms with Crippen molar-refractivity contribution in [2.45, 2.75) is 32.1 Å². The van der Waals surface area contributed by atoms with Crippen LogP contribution in [0.5, 0.6) is 5.75 Å². The third-order valence-electron chi connectivity index (χ3n) is 2.50. The van der Waals surface area contributed by atoms with Crippen LogP contribution in [0.3, 0.4) is 0 Å². The van der Waals surface area contributed by atoms with Crippen LogP contribution in [0.25, 0.3) is 0 Å². The van der Waals surface area contributed by atoms with E-state index in [0.29, 0.717) is 11.3 Å². The first-order valence-corrected chi connectivity index (χ1v) is 7.67. The van der Waals surface area contributed by atoms with Crippen molar-refractivity contribution >= 4 is 15.6 Å². The molecule has 0 spiro atoms. The van der Waals surface area contributed by atoms with Gasteiger partial charge in [0.05, 0.1) is 6.10 Å². The number of carbonyl (C=O) groups is 1. The summed E-state index contributed by atoms with van der Waals surface area (Å²) in [6, 6.07) is 6.59. The van der Waals surface area contributed by atoms with Crippen molar-refractivity contribution in [3.63, 3.8) is 0 Å². The SMILES string of the molecule is CC(C)Oc1cccc(C(=O)C(C)S(C)(=O)=O)c1. The second kappa shape index (κ2) is 5.52. The molecule has 1 aromatic carbocycles. The maximum atomic E-state index is 12.0. The zero-order chi connectivity index (χ0) is 13.9. The first kappa shape index (κ1) is 14.7. The molecule has 0 aliphatic carbocycles. The minimum Gasteiger partial charge on any atom is -0.491 e. The Bertz CT molecular complexity index is 532. The normalized spacial score (nSPS) is 13.4. The maximum absolute atomic E-state index is 12.0. The van der Waals surface area contributed by atoms with E-state index in [4.69, 9.17) is 4.74 Å². The fourth-order valence-corrected chi connectivity index (χ4v) is 1.95. The summed E-state index contributed by atoms with van der Waals surface area (Å²) in [6.07, 6.45) is 1.06. The lowest BCUT2D eigenvalue weighted by molar-refractivity contribution is 0.0991. The molecular weight excluding hydrogens is 252 g/mol. The van der Waals surface area contributed by atoms with E-state index in [1.54, 1.807) is 24.3 Å². The zero-order valence-corrected chi connectivity index (χ0v) is 11.8. The van der Waals surface area contributed by atoms with E-state index in [1.165, 1.54) is 6.92 Å². The minimum atomic E-state index is -3.38. The summed E-state index contributed by atoms with van der Waals surface area (Å²) >= 11 is 0. The zero-order valence-electron chi connectivity index (χ0n) is 11.0. The molecule has 1 rings (SSSR count). The average Bonchev–Trinajstić information content (AvgIpc) is 2.25. The molecule has 0 N–H and O–H groups in total. The molecule has 18 heavy (non-hydrogen) atoms. The second-order valence-corrected chi connectivity index (χ2v) is 6.90. The van der Waals surface area contributed by atoms with E-state index in [9.17, 15) is 13.2 Å². The Morgan fingerprint density at radius 2 is 1.83 bits per heavy atom. The van der Waals surface area contributed by atoms with E-state index in [1.807, 2.05) is 13.8 Å². The third-order valence-corrected chi connectivity index (χ3v) is 4.00. The number of hydrogen-bond acceptors (Lipinski definition) is 4. The van der Waals surface area contributed by atoms with Gasteiger partial charge in [0.2, 0.25) is 0 Å². The van der Waals surface area contributed by atoms with Crippen molar-refractivity contribution in [1.29, 1.82) is 0 Å². The van der Waals surface area contributed by atoms with Gasteiger partial charge >= 0.3 is 0 Å². The van der Waals surface area contributed by atoms with Gasteiger partial charge in [-0.2, -0.15) is 0 Å². The summed E-state index contributed by atoms with van der Waals surface area (Å²) in [5, 5.41) is -1.04. The highest BCUT2D eigenvalue weighted by Gasteiger charge is 2.24. The molecule has 0 aromatic heterocycles. The molecule has 0 radical (unpaired) electrons. The van der Waals surface area contributed by atoms with Gasteiger partial charge in [-0.15, -0.1) is 0 Å². The Morgan fingerprint density at radius 3 is 2.33 bits per heavy atom. The van der Waals surface area contributed by atoms with Gasteiger partial charge in [-0.05, 0) is 32.9 Å². The van der Waals surface area contributed by atoms with Gasteiger partial charge in [-0.3, -0.25) is 4.79 Å². The third kappa shape index (κ3) is 3.84. The number of ether oxygens (including phenoxy) is 1. The van der Waals surface area contributed by atoms with Gasteiger partial charge in [0, 0.05) is 11.8 Å². The van der Waals surface area contributed by atoms with Crippen LogP contribution < -0.4 is 4.74 Å². The monoisotopic (exact) mass is 270 g/mol. The molecule has 1 atom stereocenters. The van der Waals surface area contributed by atoms with Crippen LogP contribution in [0, 0.1) is 0 Å². The van der Waals surface area contributed by atoms with Gasteiger partial charge in [0.1, 0.15) is 11.0 Å². The molecular formula is C13H18O4S. The number of sulfone groups is 1. The number of Topliss-reactive ketones (excluding diaryl/α,β-unsaturated/α-hetero) is 1. The highest BCUT2D eigenvalue weighted by Crippen LogP contribution is 2.17. The summed E-state index contributed by atoms with van der Waals surface area (Å²) in [5.41, 5.74) is 0.353. The molecule has 0 fully saturated rings. The highest BCUT2D eigenvalue weighted by molar-refractivity contribution is 7.92. The lowest BCUT2D eigenvalue weighted by atomic mass is 10.1. The summed E-state index contributed by atoms with van der Waals surface area (Å²) in [4.78, 5) is 12.0. The lowest BCUT2D eigenvalue weighted by Crippen LogP contribution is -2.26. The van der Waals surface area contributed by atoms with Gasteiger partial charge in [-0.1, -0.05) is 12.1 Å². The largest absolute Gasteiger partial charge is 0.491 e. The van der Waals surface area contributed by atoms with Crippen molar-refractivity contribution in [3.8, 4) is 5.75 Å². The van der Waals surface area contributed by atoms with Gasteiger partial charge in [0.25, 0.3) is 0 Å². The first-order chi connectivity index (χ1) is 8.21. The van der Waals surface area contributed by atoms with Crippen LogP contribution in [0.2, 0.25) is 0 Å². The van der Waals surface area contributed by atoms with Crippen molar-refractivity contribution in [3.05, 3.63) is 29.8 Å². The molecule has 0 aliphatic heterocycles. The number of hydrogen-bond donors (Lipinski definition) is 0. The number of ketones is 1. The lowest BCUT2D eigenvalue weighted by Gasteiger charge is -2.12. The summed E-state index contributed by atoms with van der Waals surface area (Å²) < 4.78 is 28.2. The van der Waals surface area contributed by atoms with E-state index in [0.717, 1.165) is 6.26 Å². The van der Waals surface area contributed by atoms with E-state index >= 15 is 0 Å². The smallest absolute Gasteiger partial charge is 0.180 e. The highest BCUT2D eigenvalue weighted by atomic mass is 32.2. The second-order valence-electron chi connectivity index (χ2n) is 4.53. The topological polar surface area (TPSA) is 60.4 Å². The van der Waals surface area contributed by atoms with Gasteiger partial charge < -0.3 is 4.74 Å². The maximum Gasteiger partial charge on any atom is 0.180 e. The van der Waals surface area contributed by atoms with Crippen molar-refractivity contribution in [1.82, 2.24) is 0 Å². The van der Waals surface area contributed by atoms with Gasteiger partial charge in [-0.25, -0.2) is 8.42 Å². The van der Waals surface area contributed by atoms with E-state index < -0.39 is 20.9 Å². The number of carbonyl (C=O) groups excluding carboxylic acids is 1. The average molecular weight is 270 g/mol. The van der Waals surface area contributed by atoms with Crippen LogP contribution in [-0.2, 0) is 9.84 Å². The van der Waals surface area contributed by atoms with Crippen LogP contribution in [-0.4, -0.2) is 31.8 Å². The molecule has 0 amide bonds. The fraction of sp³-hybridized carbons (Fsp3) is 0.462. The van der Waals surface area contributed by atoms with Crippen LogP contribution in [0.15, 0.2) is 24.3 Å². The minimum absolute atomic E-state index is 0.00248. The standard InChI is InChI=1S/C13H18O4S/c1-9(2)17-12-7-5-6-11(8-12)13(14)10(3)18(4,15)16/h5-10H,1-4H3. The Balaban J connectivity index is 3.00. The van der Waals surface area contributed by atoms with E-state index in [2.05, 4.69) is 0 Å². The Kier molecular flexibility index (Phi) is 4.51. The molecule has 1 aromatic rings. The van der Waals surface area contributed by atoms with Crippen molar-refractivity contribution in [2.75, 3.05) is 6.26 Å². The van der Waals surface area contributed by atoms with Crippen LogP contribution >= 0.6 is 0 Å². The predicted octanol–water partition coefficient (Wildman–Crippen LogP) is 2.09. The quantitative estimate of drug-likeness (QED) is 0.769. The fourth-order valence-electron chi connectivity index (χ4n) is 1.42. The summed E-state index contributed by atoms with van der Waals surface area (Å²) in [5.74, 6) is 0.156. The van der Waals surface area contributed by atoms with Crippen molar-refractivity contribution in [2.24, 2.45) is 0 Å². The number of rotatable bonds is 5. The Hall–Kier alpha value is -1.36. The molecule has 0 heterocycles. The van der Waals surface area contributed by atoms with Crippen LogP contribution in [0.1, 0.15) is 31.1 Å². The Morgan fingerprint density at radius 1 is 1.22 bits per heavy atom. The van der Waals surface area contributed by atoms with Gasteiger partial charge in [0.15, 0.2) is 15.6 Å². The first-order valence-electron chi connectivity index (χ1n) is 5.71. The molecule has 100 valence electrons. The molecule has 1 unspecified atom stereocenters. The molecule has 0 saturated carbocycles. The molecule has 5 heteroatoms. The summed E-state index contributed by atoms with van der Waals surface area (Å²) in [7, 11) is -3.38. The van der Waals surface area contributed by atoms with Crippen LogP contribution in [0.4, 0.5) is 0 Å². The Labute approximate surface area is 108 Å². The molecule has 0 saturated heterocycles. The number of benzene rings is 1. The summed E-state index contributed by atoms with van der Waals surface area (Å²) in [6.45, 7) is 5.16. The molecule has 4 nitrogen and oxygen atoms in total. The predicted molar refractivity (Wildman–Crippen MR) is 70.8 cm³/mol. The molecule has 0 bridgehead atoms. The van der Waals surface area contributed by atoms with Crippen molar-refractivity contribution < 1.29 is 17.9 Å².